The van der Waals surface area contributed by atoms with Crippen LogP contribution in [0.1, 0.15) is 39.0 Å². The number of rotatable bonds is 9. The zero-order valence-electron chi connectivity index (χ0n) is 11.8. The van der Waals surface area contributed by atoms with Gasteiger partial charge in [-0.05, 0) is 39.2 Å². The quantitative estimate of drug-likeness (QED) is 0.0867. The van der Waals surface area contributed by atoms with Gasteiger partial charge in [0, 0.05) is 13.0 Å². The molecule has 0 bridgehead atoms. The summed E-state index contributed by atoms with van der Waals surface area (Å²) in [5.41, 5.74) is 10.9. The van der Waals surface area contributed by atoms with Gasteiger partial charge in [-0.25, -0.2) is 4.79 Å². The van der Waals surface area contributed by atoms with E-state index in [-0.39, 0.29) is 6.42 Å². The van der Waals surface area contributed by atoms with Gasteiger partial charge in [-0.15, -0.1) is 0 Å². The number of nitrogens with two attached hydrogens (primary N) is 2. The molecule has 6 N–H and O–H groups in total. The molecule has 0 amide bonds. The molecule has 0 aliphatic heterocycles. The molecule has 0 aromatic rings. The van der Waals surface area contributed by atoms with Crippen molar-refractivity contribution < 1.29 is 19.5 Å². The molecule has 0 spiro atoms. The maximum Gasteiger partial charge on any atom is 0.330 e. The highest BCUT2D eigenvalue weighted by Crippen LogP contribution is 2.02. The smallest absolute Gasteiger partial charge is 0.330 e. The molecule has 0 aromatic carbocycles. The summed E-state index contributed by atoms with van der Waals surface area (Å²) in [5, 5.41) is 14.2. The fraction of sp³-hybridized carbons (Fsp3) is 0.750. The minimum Gasteiger partial charge on any atom is -0.409 e. The Bertz CT molecular complexity index is 333. The Morgan fingerprint density at radius 2 is 2.05 bits per heavy atom. The van der Waals surface area contributed by atoms with Gasteiger partial charge < -0.3 is 26.7 Å². The van der Waals surface area contributed by atoms with Crippen LogP contribution in [-0.4, -0.2) is 42.1 Å². The minimum absolute atomic E-state index is 0.124. The van der Waals surface area contributed by atoms with E-state index < -0.39 is 18.0 Å². The Hall–Kier alpha value is -1.67. The number of esters is 2. The van der Waals surface area contributed by atoms with Gasteiger partial charge >= 0.3 is 11.9 Å². The summed E-state index contributed by atoms with van der Waals surface area (Å²) in [4.78, 5) is 22.7. The number of nitrogens with zero attached hydrogens (tertiary/aromatic N) is 1. The second-order valence-electron chi connectivity index (χ2n) is 4.40. The highest BCUT2D eigenvalue weighted by atomic mass is 16.6. The lowest BCUT2D eigenvalue weighted by atomic mass is 10.1. The maximum absolute atomic E-state index is 11.5. The van der Waals surface area contributed by atoms with Gasteiger partial charge in [0.1, 0.15) is 11.9 Å². The molecule has 0 unspecified atom stereocenters. The fourth-order valence-corrected chi connectivity index (χ4v) is 1.40. The van der Waals surface area contributed by atoms with Crippen molar-refractivity contribution in [3.63, 3.8) is 0 Å². The summed E-state index contributed by atoms with van der Waals surface area (Å²) in [5.74, 6) is -0.861. The van der Waals surface area contributed by atoms with Crippen LogP contribution in [0.2, 0.25) is 0 Å². The van der Waals surface area contributed by atoms with E-state index in [9.17, 15) is 9.59 Å². The molecule has 116 valence electrons. The zero-order valence-corrected chi connectivity index (χ0v) is 11.8. The summed E-state index contributed by atoms with van der Waals surface area (Å²) < 4.78 is 4.60. The highest BCUT2D eigenvalue weighted by molar-refractivity contribution is 5.88. The van der Waals surface area contributed by atoms with Gasteiger partial charge in [-0.3, -0.25) is 4.79 Å². The number of nitrogens with one attached hydrogen (secondary N) is 1. The van der Waals surface area contributed by atoms with Crippen molar-refractivity contribution in [3.8, 4) is 0 Å². The first kappa shape index (κ1) is 18.3. The zero-order chi connectivity index (χ0) is 15.4. The van der Waals surface area contributed by atoms with E-state index in [1.54, 1.807) is 6.92 Å². The summed E-state index contributed by atoms with van der Waals surface area (Å²) in [6.45, 7) is 2.63. The fourth-order valence-electron chi connectivity index (χ4n) is 1.40. The first-order chi connectivity index (χ1) is 9.51. The number of oxime groups is 1. The van der Waals surface area contributed by atoms with E-state index in [1.165, 1.54) is 0 Å². The van der Waals surface area contributed by atoms with Crippen LogP contribution in [-0.2, 0) is 14.3 Å². The molecule has 20 heavy (non-hydrogen) atoms. The molecule has 0 heterocycles. The van der Waals surface area contributed by atoms with Gasteiger partial charge in [-0.2, -0.15) is 0 Å². The Morgan fingerprint density at radius 1 is 1.35 bits per heavy atom. The van der Waals surface area contributed by atoms with Gasteiger partial charge in [-0.1, -0.05) is 5.16 Å². The number of carbonyl (C=O) groups excluding carboxylic acids is 2. The van der Waals surface area contributed by atoms with Gasteiger partial charge in [0.05, 0.1) is 0 Å². The Balaban J connectivity index is 3.72. The molecule has 0 radical (unpaired) electrons. The molecule has 0 aromatic heterocycles. The van der Waals surface area contributed by atoms with Crippen molar-refractivity contribution in [2.45, 2.75) is 45.1 Å². The molecule has 0 fully saturated rings. The van der Waals surface area contributed by atoms with Crippen molar-refractivity contribution in [1.82, 2.24) is 5.32 Å². The van der Waals surface area contributed by atoms with Crippen LogP contribution in [0, 0.1) is 0 Å². The van der Waals surface area contributed by atoms with E-state index in [0.29, 0.717) is 38.2 Å². The average Bonchev–Trinajstić information content (AvgIpc) is 2.43. The third kappa shape index (κ3) is 9.29. The van der Waals surface area contributed by atoms with E-state index in [1.807, 2.05) is 0 Å². The predicted molar refractivity (Wildman–Crippen MR) is 74.1 cm³/mol. The molecule has 8 heteroatoms. The molecule has 1 atom stereocenters. The predicted octanol–water partition coefficient (Wildman–Crippen LogP) is -0.310. The molecular formula is C12H24N4O4. The van der Waals surface area contributed by atoms with E-state index in [2.05, 4.69) is 15.2 Å². The normalized spacial score (nSPS) is 12.8. The third-order valence-corrected chi connectivity index (χ3v) is 2.57. The number of ether oxygens (including phenoxy) is 1. The van der Waals surface area contributed by atoms with E-state index in [4.69, 9.17) is 16.7 Å². The Labute approximate surface area is 118 Å². The van der Waals surface area contributed by atoms with E-state index >= 15 is 0 Å². The second-order valence-corrected chi connectivity index (χ2v) is 4.40. The van der Waals surface area contributed by atoms with Crippen LogP contribution in [0.25, 0.3) is 0 Å². The van der Waals surface area contributed by atoms with Gasteiger partial charge in [0.2, 0.25) is 0 Å². The average molecular weight is 288 g/mol. The third-order valence-electron chi connectivity index (χ3n) is 2.57. The molecule has 0 rings (SSSR count). The summed E-state index contributed by atoms with van der Waals surface area (Å²) in [6.07, 6.45) is 2.49. The lowest BCUT2D eigenvalue weighted by Crippen LogP contribution is -2.34. The largest absolute Gasteiger partial charge is 0.409 e. The van der Waals surface area contributed by atoms with Crippen LogP contribution < -0.4 is 16.8 Å². The lowest BCUT2D eigenvalue weighted by Gasteiger charge is -2.10. The first-order valence-electron chi connectivity index (χ1n) is 6.64. The molecular weight excluding hydrogens is 264 g/mol. The van der Waals surface area contributed by atoms with Crippen LogP contribution in [0.3, 0.4) is 0 Å². The SMILES string of the molecule is CC(=NO)NCCCC[C@H](N)C(=O)OC(=O)CCCN. The van der Waals surface area contributed by atoms with Crippen molar-refractivity contribution >= 4 is 17.8 Å². The van der Waals surface area contributed by atoms with Crippen molar-refractivity contribution in [2.24, 2.45) is 16.6 Å². The van der Waals surface area contributed by atoms with Crippen LogP contribution in [0.5, 0.6) is 0 Å². The molecule has 0 aliphatic rings. The highest BCUT2D eigenvalue weighted by Gasteiger charge is 2.17. The molecule has 0 aliphatic carbocycles. The number of carbonyl (C=O) groups is 2. The lowest BCUT2D eigenvalue weighted by molar-refractivity contribution is -0.160. The second kappa shape index (κ2) is 11.2. The van der Waals surface area contributed by atoms with E-state index in [0.717, 1.165) is 6.42 Å². The Kier molecular flexibility index (Phi) is 10.2. The number of hydrogen-bond donors (Lipinski definition) is 4. The maximum atomic E-state index is 11.5. The monoisotopic (exact) mass is 288 g/mol. The molecule has 0 saturated carbocycles. The molecule has 8 nitrogen and oxygen atoms in total. The first-order valence-corrected chi connectivity index (χ1v) is 6.64. The van der Waals surface area contributed by atoms with Crippen LogP contribution >= 0.6 is 0 Å². The Morgan fingerprint density at radius 3 is 2.65 bits per heavy atom. The van der Waals surface area contributed by atoms with Gasteiger partial charge in [0.25, 0.3) is 0 Å². The minimum atomic E-state index is -0.801. The van der Waals surface area contributed by atoms with Crippen molar-refractivity contribution in [3.05, 3.63) is 0 Å². The van der Waals surface area contributed by atoms with Crippen molar-refractivity contribution in [2.75, 3.05) is 13.1 Å². The topological polar surface area (TPSA) is 140 Å². The summed E-state index contributed by atoms with van der Waals surface area (Å²) >= 11 is 0. The van der Waals surface area contributed by atoms with Gasteiger partial charge in [0.15, 0.2) is 0 Å². The molecule has 0 saturated heterocycles. The van der Waals surface area contributed by atoms with Crippen LogP contribution in [0.4, 0.5) is 0 Å². The summed E-state index contributed by atoms with van der Waals surface area (Å²) in [6, 6.07) is -0.801. The number of amidine groups is 1. The standard InChI is InChI=1S/C12H24N4O4/c1-9(16-19)15-8-3-2-5-10(14)12(18)20-11(17)6-4-7-13/h10,19H,2-8,13-14H2,1H3,(H,15,16)/t10-/m0/s1. The van der Waals surface area contributed by atoms with Crippen molar-refractivity contribution in [1.29, 1.82) is 0 Å². The number of unbranched alkanes of at least 4 members (excludes halogenated alkanes) is 1. The number of hydrogen-bond acceptors (Lipinski definition) is 7. The summed E-state index contributed by atoms with van der Waals surface area (Å²) in [7, 11) is 0. The van der Waals surface area contributed by atoms with Crippen LogP contribution in [0.15, 0.2) is 5.16 Å².